The van der Waals surface area contributed by atoms with Gasteiger partial charge in [0.2, 0.25) is 5.91 Å². The minimum Gasteiger partial charge on any atom is -0.489 e. The van der Waals surface area contributed by atoms with Gasteiger partial charge in [0.1, 0.15) is 12.4 Å². The molecule has 4 nitrogen and oxygen atoms in total. The highest BCUT2D eigenvalue weighted by Gasteiger charge is 2.06. The fourth-order valence-corrected chi connectivity index (χ4v) is 2.35. The van der Waals surface area contributed by atoms with Crippen molar-refractivity contribution in [3.05, 3.63) is 78.2 Å². The lowest BCUT2D eigenvalue weighted by molar-refractivity contribution is -0.114. The number of nitrogens with two attached hydrogens (primary N) is 1. The molecular formula is C21H25N2O2. The molecule has 25 heavy (non-hydrogen) atoms. The number of rotatable bonds is 9. The van der Waals surface area contributed by atoms with Crippen LogP contribution in [0.1, 0.15) is 19.4 Å². The predicted octanol–water partition coefficient (Wildman–Crippen LogP) is 3.73. The number of anilines is 1. The van der Waals surface area contributed by atoms with E-state index in [1.807, 2.05) is 67.6 Å². The van der Waals surface area contributed by atoms with Crippen molar-refractivity contribution in [3.63, 3.8) is 0 Å². The monoisotopic (exact) mass is 337 g/mol. The fourth-order valence-electron chi connectivity index (χ4n) is 2.35. The Hall–Kier alpha value is -2.75. The van der Waals surface area contributed by atoms with Gasteiger partial charge in [0.25, 0.3) is 0 Å². The average molecular weight is 337 g/mol. The predicted molar refractivity (Wildman–Crippen MR) is 102 cm³/mol. The van der Waals surface area contributed by atoms with Crippen molar-refractivity contribution < 1.29 is 9.53 Å². The minimum absolute atomic E-state index is 0.384. The van der Waals surface area contributed by atoms with Crippen molar-refractivity contribution in [3.8, 4) is 5.75 Å². The lowest BCUT2D eigenvalue weighted by Crippen LogP contribution is -2.25. The second kappa shape index (κ2) is 9.52. The number of carbonyl (C=O) groups is 1. The van der Waals surface area contributed by atoms with Crippen molar-refractivity contribution in [2.24, 2.45) is 5.73 Å². The molecule has 131 valence electrons. The molecule has 0 unspecified atom stereocenters. The van der Waals surface area contributed by atoms with Crippen LogP contribution in [0.5, 0.6) is 5.75 Å². The Morgan fingerprint density at radius 3 is 2.36 bits per heavy atom. The lowest BCUT2D eigenvalue weighted by atomic mass is 10.2. The molecule has 1 radical (unpaired) electrons. The molecule has 2 aromatic rings. The zero-order chi connectivity index (χ0) is 18.1. The van der Waals surface area contributed by atoms with Crippen LogP contribution in [0, 0.1) is 6.42 Å². The highest BCUT2D eigenvalue weighted by atomic mass is 16.5. The van der Waals surface area contributed by atoms with Gasteiger partial charge in [-0.05, 0) is 43.2 Å². The maximum atomic E-state index is 11.2. The molecule has 2 N–H and O–H groups in total. The van der Waals surface area contributed by atoms with E-state index in [2.05, 4.69) is 11.3 Å². The molecule has 2 rings (SSSR count). The van der Waals surface area contributed by atoms with Gasteiger partial charge in [-0.25, -0.2) is 0 Å². The van der Waals surface area contributed by atoms with Crippen LogP contribution in [-0.4, -0.2) is 19.0 Å². The van der Waals surface area contributed by atoms with E-state index in [0.717, 1.165) is 23.5 Å². The van der Waals surface area contributed by atoms with E-state index in [-0.39, 0.29) is 5.91 Å². The largest absolute Gasteiger partial charge is 0.489 e. The summed E-state index contributed by atoms with van der Waals surface area (Å²) in [6.07, 6.45) is 3.93. The molecule has 0 aliphatic rings. The SMILES string of the molecule is C[CH]CN(CC=C(C)C(N)=O)c1ccc(OCc2ccccc2)cc1. The first-order valence-corrected chi connectivity index (χ1v) is 8.36. The molecule has 1 amide bonds. The highest BCUT2D eigenvalue weighted by Crippen LogP contribution is 2.20. The summed E-state index contributed by atoms with van der Waals surface area (Å²) >= 11 is 0. The van der Waals surface area contributed by atoms with Crippen molar-refractivity contribution in [1.29, 1.82) is 0 Å². The molecule has 4 heteroatoms. The Morgan fingerprint density at radius 2 is 1.76 bits per heavy atom. The summed E-state index contributed by atoms with van der Waals surface area (Å²) in [5.74, 6) is 0.446. The Labute approximate surface area is 149 Å². The molecule has 0 aromatic heterocycles. The standard InChI is InChI=1S/C21H25N2O2/c1-3-14-23(15-13-17(2)21(22)24)19-9-11-20(12-10-19)25-16-18-7-5-4-6-8-18/h3-13H,14-16H2,1-2H3,(H2,22,24). The lowest BCUT2D eigenvalue weighted by Gasteiger charge is -2.23. The molecule has 0 heterocycles. The highest BCUT2D eigenvalue weighted by molar-refractivity contribution is 5.91. The number of hydrogen-bond donors (Lipinski definition) is 1. The third-order valence-electron chi connectivity index (χ3n) is 3.86. The van der Waals surface area contributed by atoms with Gasteiger partial charge in [0.05, 0.1) is 0 Å². The molecule has 0 fully saturated rings. The zero-order valence-corrected chi connectivity index (χ0v) is 14.8. The molecule has 0 saturated heterocycles. The van der Waals surface area contributed by atoms with Crippen LogP contribution < -0.4 is 15.4 Å². The summed E-state index contributed by atoms with van der Waals surface area (Å²) in [4.78, 5) is 13.3. The second-order valence-corrected chi connectivity index (χ2v) is 5.83. The molecule has 0 atom stereocenters. The molecule has 0 saturated carbocycles. The van der Waals surface area contributed by atoms with E-state index in [0.29, 0.717) is 18.7 Å². The molecule has 0 bridgehead atoms. The van der Waals surface area contributed by atoms with Crippen LogP contribution in [0.4, 0.5) is 5.69 Å². The number of ether oxygens (including phenoxy) is 1. The summed E-state index contributed by atoms with van der Waals surface area (Å²) in [7, 11) is 0. The van der Waals surface area contributed by atoms with Gasteiger partial charge >= 0.3 is 0 Å². The fraction of sp³-hybridized carbons (Fsp3) is 0.238. The van der Waals surface area contributed by atoms with E-state index >= 15 is 0 Å². The molecule has 0 spiro atoms. The summed E-state index contributed by atoms with van der Waals surface area (Å²) in [5, 5.41) is 0. The van der Waals surface area contributed by atoms with Crippen molar-refractivity contribution >= 4 is 11.6 Å². The Bertz CT molecular complexity index is 694. The summed E-state index contributed by atoms with van der Waals surface area (Å²) in [6.45, 7) is 5.70. The topological polar surface area (TPSA) is 55.6 Å². The first kappa shape index (κ1) is 18.6. The van der Waals surface area contributed by atoms with Gasteiger partial charge in [-0.2, -0.15) is 0 Å². The van der Waals surface area contributed by atoms with Gasteiger partial charge in [-0.3, -0.25) is 4.79 Å². The van der Waals surface area contributed by atoms with Gasteiger partial charge in [0.15, 0.2) is 0 Å². The number of carbonyl (C=O) groups excluding carboxylic acids is 1. The molecule has 2 aromatic carbocycles. The van der Waals surface area contributed by atoms with Crippen LogP contribution >= 0.6 is 0 Å². The van der Waals surface area contributed by atoms with Crippen molar-refractivity contribution in [1.82, 2.24) is 0 Å². The third kappa shape index (κ3) is 5.99. The summed E-state index contributed by atoms with van der Waals surface area (Å²) in [5.41, 5.74) is 8.07. The van der Waals surface area contributed by atoms with E-state index in [9.17, 15) is 4.79 Å². The second-order valence-electron chi connectivity index (χ2n) is 5.83. The van der Waals surface area contributed by atoms with Crippen LogP contribution in [0.15, 0.2) is 66.2 Å². The molecule has 0 aliphatic carbocycles. The van der Waals surface area contributed by atoms with Gasteiger partial charge < -0.3 is 15.4 Å². The van der Waals surface area contributed by atoms with Crippen molar-refractivity contribution in [2.75, 3.05) is 18.0 Å². The zero-order valence-electron chi connectivity index (χ0n) is 14.8. The third-order valence-corrected chi connectivity index (χ3v) is 3.86. The van der Waals surface area contributed by atoms with Crippen LogP contribution in [0.2, 0.25) is 0 Å². The van der Waals surface area contributed by atoms with Crippen LogP contribution in [0.3, 0.4) is 0 Å². The van der Waals surface area contributed by atoms with E-state index in [1.165, 1.54) is 0 Å². The molecular weight excluding hydrogens is 312 g/mol. The number of nitrogens with zero attached hydrogens (tertiary/aromatic N) is 1. The smallest absolute Gasteiger partial charge is 0.244 e. The maximum Gasteiger partial charge on any atom is 0.244 e. The quantitative estimate of drug-likeness (QED) is 0.709. The number of primary amides is 1. The number of amides is 1. The van der Waals surface area contributed by atoms with E-state index in [4.69, 9.17) is 10.5 Å². The Morgan fingerprint density at radius 1 is 1.08 bits per heavy atom. The van der Waals surface area contributed by atoms with Gasteiger partial charge in [-0.1, -0.05) is 43.3 Å². The first-order valence-electron chi connectivity index (χ1n) is 8.36. The van der Waals surface area contributed by atoms with E-state index in [1.54, 1.807) is 6.92 Å². The Balaban J connectivity index is 1.99. The minimum atomic E-state index is -0.384. The van der Waals surface area contributed by atoms with Crippen LogP contribution in [0.25, 0.3) is 0 Å². The van der Waals surface area contributed by atoms with Crippen LogP contribution in [-0.2, 0) is 11.4 Å². The number of benzene rings is 2. The Kier molecular flexibility index (Phi) is 7.08. The molecule has 0 aliphatic heterocycles. The van der Waals surface area contributed by atoms with E-state index < -0.39 is 0 Å². The van der Waals surface area contributed by atoms with Gasteiger partial charge in [0, 0.05) is 24.4 Å². The number of hydrogen-bond acceptors (Lipinski definition) is 3. The summed E-state index contributed by atoms with van der Waals surface area (Å²) < 4.78 is 5.82. The van der Waals surface area contributed by atoms with Crippen molar-refractivity contribution in [2.45, 2.75) is 20.5 Å². The maximum absolute atomic E-state index is 11.2. The normalized spacial score (nSPS) is 11.2. The first-order chi connectivity index (χ1) is 12.1. The van der Waals surface area contributed by atoms with Gasteiger partial charge in [-0.15, -0.1) is 0 Å². The average Bonchev–Trinajstić information content (AvgIpc) is 2.64. The summed E-state index contributed by atoms with van der Waals surface area (Å²) in [6, 6.07) is 18.1.